The number of anilines is 1. The summed E-state index contributed by atoms with van der Waals surface area (Å²) in [4.78, 5) is 28.2. The zero-order chi connectivity index (χ0) is 14.9. The summed E-state index contributed by atoms with van der Waals surface area (Å²) in [5.74, 6) is 0.275. The lowest BCUT2D eigenvalue weighted by molar-refractivity contribution is -0.385. The second-order valence-corrected chi connectivity index (χ2v) is 5.38. The van der Waals surface area contributed by atoms with Crippen LogP contribution in [0.3, 0.4) is 0 Å². The van der Waals surface area contributed by atoms with Crippen molar-refractivity contribution in [2.75, 3.05) is 12.3 Å². The molecular formula is C13H18N4O3. The van der Waals surface area contributed by atoms with Gasteiger partial charge >= 0.3 is 0 Å². The van der Waals surface area contributed by atoms with Crippen LogP contribution in [0.15, 0.2) is 12.3 Å². The molecule has 0 radical (unpaired) electrons. The second-order valence-electron chi connectivity index (χ2n) is 5.38. The minimum absolute atomic E-state index is 0.0155. The van der Waals surface area contributed by atoms with Crippen molar-refractivity contribution in [3.05, 3.63) is 27.9 Å². The first kappa shape index (κ1) is 14.2. The summed E-state index contributed by atoms with van der Waals surface area (Å²) in [6.45, 7) is 4.50. The summed E-state index contributed by atoms with van der Waals surface area (Å²) in [5, 5.41) is 10.8. The van der Waals surface area contributed by atoms with Crippen LogP contribution in [0, 0.1) is 16.0 Å². The van der Waals surface area contributed by atoms with Crippen LogP contribution < -0.4 is 5.73 Å². The van der Waals surface area contributed by atoms with Gasteiger partial charge in [0.2, 0.25) is 0 Å². The number of hydrogen-bond donors (Lipinski definition) is 1. The van der Waals surface area contributed by atoms with E-state index in [2.05, 4.69) is 4.98 Å². The first-order chi connectivity index (χ1) is 9.40. The predicted molar refractivity (Wildman–Crippen MR) is 74.2 cm³/mol. The van der Waals surface area contributed by atoms with Gasteiger partial charge in [-0.3, -0.25) is 14.9 Å². The minimum Gasteiger partial charge on any atom is -0.383 e. The molecule has 1 amide bonds. The Morgan fingerprint density at radius 1 is 1.60 bits per heavy atom. The molecule has 7 heteroatoms. The highest BCUT2D eigenvalue weighted by Crippen LogP contribution is 2.31. The first-order valence-electron chi connectivity index (χ1n) is 6.61. The van der Waals surface area contributed by atoms with Crippen LogP contribution in [0.5, 0.6) is 0 Å². The summed E-state index contributed by atoms with van der Waals surface area (Å²) in [6, 6.07) is 1.22. The van der Waals surface area contributed by atoms with Crippen LogP contribution in [0.4, 0.5) is 11.5 Å². The number of nitrogens with zero attached hydrogens (tertiary/aromatic N) is 3. The highest BCUT2D eigenvalue weighted by molar-refractivity contribution is 5.99. The summed E-state index contributed by atoms with van der Waals surface area (Å²) in [6.07, 6.45) is 3.31. The highest BCUT2D eigenvalue weighted by atomic mass is 16.6. The number of nitro groups is 1. The Kier molecular flexibility index (Phi) is 3.87. The number of nitrogens with two attached hydrogens (primary N) is 1. The molecule has 1 aliphatic rings. The third kappa shape index (κ3) is 3.04. The fourth-order valence-corrected chi connectivity index (χ4v) is 2.00. The summed E-state index contributed by atoms with van der Waals surface area (Å²) >= 11 is 0. The average molecular weight is 278 g/mol. The van der Waals surface area contributed by atoms with Crippen molar-refractivity contribution in [3.8, 4) is 0 Å². The molecule has 20 heavy (non-hydrogen) atoms. The van der Waals surface area contributed by atoms with Gasteiger partial charge in [0.15, 0.2) is 0 Å². The van der Waals surface area contributed by atoms with Crippen LogP contribution in [0.25, 0.3) is 0 Å². The van der Waals surface area contributed by atoms with E-state index in [0.717, 1.165) is 19.0 Å². The lowest BCUT2D eigenvalue weighted by atomic mass is 10.1. The van der Waals surface area contributed by atoms with Crippen molar-refractivity contribution in [2.24, 2.45) is 5.92 Å². The molecule has 0 atom stereocenters. The van der Waals surface area contributed by atoms with E-state index in [1.807, 2.05) is 13.8 Å². The van der Waals surface area contributed by atoms with E-state index >= 15 is 0 Å². The number of pyridine rings is 1. The van der Waals surface area contributed by atoms with Crippen molar-refractivity contribution in [1.29, 1.82) is 0 Å². The van der Waals surface area contributed by atoms with Gasteiger partial charge in [0, 0.05) is 18.7 Å². The molecule has 1 aromatic rings. The average Bonchev–Trinajstić information content (AvgIpc) is 3.19. The zero-order valence-electron chi connectivity index (χ0n) is 11.6. The van der Waals surface area contributed by atoms with Gasteiger partial charge in [-0.2, -0.15) is 0 Å². The molecule has 0 saturated heterocycles. The number of hydrogen-bond acceptors (Lipinski definition) is 5. The van der Waals surface area contributed by atoms with E-state index < -0.39 is 4.92 Å². The molecule has 0 spiro atoms. The van der Waals surface area contributed by atoms with E-state index in [1.165, 1.54) is 6.07 Å². The number of nitrogen functional groups attached to an aromatic ring is 1. The lowest BCUT2D eigenvalue weighted by Gasteiger charge is -2.27. The minimum atomic E-state index is -0.580. The molecule has 2 rings (SSSR count). The lowest BCUT2D eigenvalue weighted by Crippen LogP contribution is -2.39. The second kappa shape index (κ2) is 5.44. The van der Waals surface area contributed by atoms with Crippen molar-refractivity contribution in [1.82, 2.24) is 9.88 Å². The van der Waals surface area contributed by atoms with Gasteiger partial charge in [0.1, 0.15) is 12.0 Å². The van der Waals surface area contributed by atoms with Crippen LogP contribution in [-0.4, -0.2) is 33.3 Å². The van der Waals surface area contributed by atoms with Crippen LogP contribution in [0.2, 0.25) is 0 Å². The van der Waals surface area contributed by atoms with Gasteiger partial charge in [0.25, 0.3) is 11.6 Å². The van der Waals surface area contributed by atoms with Gasteiger partial charge in [-0.25, -0.2) is 4.98 Å². The highest BCUT2D eigenvalue weighted by Gasteiger charge is 2.30. The van der Waals surface area contributed by atoms with Gasteiger partial charge in [-0.1, -0.05) is 0 Å². The maximum absolute atomic E-state index is 12.5. The summed E-state index contributed by atoms with van der Waals surface area (Å²) in [7, 11) is 0. The first-order valence-corrected chi connectivity index (χ1v) is 6.61. The zero-order valence-corrected chi connectivity index (χ0v) is 11.6. The molecule has 1 heterocycles. The summed E-state index contributed by atoms with van der Waals surface area (Å²) < 4.78 is 0. The van der Waals surface area contributed by atoms with Crippen LogP contribution in [0.1, 0.15) is 37.0 Å². The Morgan fingerprint density at radius 2 is 2.25 bits per heavy atom. The molecule has 1 aromatic heterocycles. The Morgan fingerprint density at radius 3 is 2.75 bits per heavy atom. The van der Waals surface area contributed by atoms with Crippen molar-refractivity contribution < 1.29 is 9.72 Å². The standard InChI is InChI=1S/C13H18N4O3/c1-8(2)16(7-9-3-4-9)13(18)11-5-10(17(19)20)6-15-12(11)14/h5-6,8-9H,3-4,7H2,1-2H3,(H2,14,15). The Hall–Kier alpha value is -2.18. The largest absolute Gasteiger partial charge is 0.383 e. The van der Waals surface area contributed by atoms with Gasteiger partial charge in [0.05, 0.1) is 10.5 Å². The van der Waals surface area contributed by atoms with E-state index in [4.69, 9.17) is 5.73 Å². The normalized spacial score (nSPS) is 14.3. The van der Waals surface area contributed by atoms with Gasteiger partial charge in [-0.15, -0.1) is 0 Å². The molecule has 0 aliphatic heterocycles. The third-order valence-corrected chi connectivity index (χ3v) is 3.38. The number of aromatic nitrogens is 1. The van der Waals surface area contributed by atoms with Crippen LogP contribution >= 0.6 is 0 Å². The van der Waals surface area contributed by atoms with Gasteiger partial charge in [-0.05, 0) is 32.6 Å². The fourth-order valence-electron chi connectivity index (χ4n) is 2.00. The predicted octanol–water partition coefficient (Wildman–Crippen LogP) is 1.83. The number of rotatable bonds is 5. The topological polar surface area (TPSA) is 102 Å². The molecule has 0 aromatic carbocycles. The van der Waals surface area contributed by atoms with Gasteiger partial charge < -0.3 is 10.6 Å². The van der Waals surface area contributed by atoms with E-state index in [1.54, 1.807) is 4.90 Å². The fraction of sp³-hybridized carbons (Fsp3) is 0.538. The molecule has 1 saturated carbocycles. The molecule has 1 fully saturated rings. The molecular weight excluding hydrogens is 260 g/mol. The molecule has 2 N–H and O–H groups in total. The molecule has 7 nitrogen and oxygen atoms in total. The summed E-state index contributed by atoms with van der Waals surface area (Å²) in [5.41, 5.74) is 5.57. The smallest absolute Gasteiger partial charge is 0.288 e. The van der Waals surface area contributed by atoms with Crippen molar-refractivity contribution >= 4 is 17.4 Å². The van der Waals surface area contributed by atoms with Crippen molar-refractivity contribution in [2.45, 2.75) is 32.7 Å². The quantitative estimate of drug-likeness (QED) is 0.653. The number of carbonyl (C=O) groups is 1. The molecule has 108 valence electrons. The number of amides is 1. The SMILES string of the molecule is CC(C)N(CC1CC1)C(=O)c1cc([N+](=O)[O-])cnc1N. The maximum Gasteiger partial charge on any atom is 0.288 e. The van der Waals surface area contributed by atoms with Crippen molar-refractivity contribution in [3.63, 3.8) is 0 Å². The molecule has 0 unspecified atom stereocenters. The van der Waals surface area contributed by atoms with E-state index in [-0.39, 0.29) is 29.0 Å². The van der Waals surface area contributed by atoms with E-state index in [9.17, 15) is 14.9 Å². The third-order valence-electron chi connectivity index (χ3n) is 3.38. The maximum atomic E-state index is 12.5. The number of carbonyl (C=O) groups excluding carboxylic acids is 1. The Balaban J connectivity index is 2.29. The molecule has 1 aliphatic carbocycles. The monoisotopic (exact) mass is 278 g/mol. The molecule has 0 bridgehead atoms. The Labute approximate surface area is 116 Å². The van der Waals surface area contributed by atoms with Crippen LogP contribution in [-0.2, 0) is 0 Å². The Bertz CT molecular complexity index is 540. The van der Waals surface area contributed by atoms with E-state index in [0.29, 0.717) is 12.5 Å².